The Balaban J connectivity index is 3.15. The number of Topliss-reactive ketones (excluding diaryl/α,β-unsaturated/α-hetero) is 1. The molecule has 82 valence electrons. The molecule has 3 nitrogen and oxygen atoms in total. The number of hydrogen-bond donors (Lipinski definition) is 1. The van der Waals surface area contributed by atoms with Crippen LogP contribution in [0.2, 0.25) is 0 Å². The largest absolute Gasteiger partial charge is 0.507 e. The summed E-state index contributed by atoms with van der Waals surface area (Å²) in [5, 5.41) is 9.76. The first kappa shape index (κ1) is 11.6. The van der Waals surface area contributed by atoms with Gasteiger partial charge in [0.25, 0.3) is 0 Å². The first-order valence-electron chi connectivity index (χ1n) is 4.93. The Morgan fingerprint density at radius 1 is 1.40 bits per heavy atom. The molecule has 0 atom stereocenters. The van der Waals surface area contributed by atoms with Gasteiger partial charge in [-0.15, -0.1) is 0 Å². The zero-order chi connectivity index (χ0) is 11.6. The molecule has 3 heteroatoms. The molecule has 0 bridgehead atoms. The second-order valence-electron chi connectivity index (χ2n) is 3.81. The van der Waals surface area contributed by atoms with E-state index in [1.54, 1.807) is 19.1 Å². The minimum atomic E-state index is -0.147. The van der Waals surface area contributed by atoms with Crippen LogP contribution in [-0.2, 0) is 0 Å². The number of carbonyl (C=O) groups is 1. The SMILES string of the molecule is CC(=O)c1ccc(OC(C)C)c(C)c1O. The van der Waals surface area contributed by atoms with Crippen LogP contribution in [0.1, 0.15) is 36.7 Å². The molecule has 1 N–H and O–H groups in total. The summed E-state index contributed by atoms with van der Waals surface area (Å²) in [6, 6.07) is 3.30. The summed E-state index contributed by atoms with van der Waals surface area (Å²) in [5.41, 5.74) is 0.944. The fourth-order valence-electron chi connectivity index (χ4n) is 1.35. The van der Waals surface area contributed by atoms with E-state index in [1.165, 1.54) is 6.92 Å². The minimum absolute atomic E-state index is 0.0145. The van der Waals surface area contributed by atoms with Crippen LogP contribution in [0.5, 0.6) is 11.5 Å². The van der Waals surface area contributed by atoms with Crippen molar-refractivity contribution in [2.45, 2.75) is 33.8 Å². The maximum Gasteiger partial charge on any atom is 0.163 e. The molecule has 0 heterocycles. The molecule has 0 unspecified atom stereocenters. The second kappa shape index (κ2) is 4.34. The highest BCUT2D eigenvalue weighted by Crippen LogP contribution is 2.31. The summed E-state index contributed by atoms with van der Waals surface area (Å²) in [4.78, 5) is 11.2. The van der Waals surface area contributed by atoms with Gasteiger partial charge >= 0.3 is 0 Å². The fraction of sp³-hybridized carbons (Fsp3) is 0.417. The number of hydrogen-bond acceptors (Lipinski definition) is 3. The van der Waals surface area contributed by atoms with Crippen LogP contribution in [0, 0.1) is 6.92 Å². The van der Waals surface area contributed by atoms with Crippen molar-refractivity contribution in [2.24, 2.45) is 0 Å². The average Bonchev–Trinajstić information content (AvgIpc) is 2.12. The van der Waals surface area contributed by atoms with Crippen LogP contribution in [0.15, 0.2) is 12.1 Å². The van der Waals surface area contributed by atoms with Gasteiger partial charge in [0.15, 0.2) is 5.78 Å². The highest BCUT2D eigenvalue weighted by molar-refractivity contribution is 5.97. The molecule has 0 saturated carbocycles. The van der Waals surface area contributed by atoms with Gasteiger partial charge < -0.3 is 9.84 Å². The van der Waals surface area contributed by atoms with E-state index in [4.69, 9.17) is 4.74 Å². The summed E-state index contributed by atoms with van der Waals surface area (Å²) in [6.45, 7) is 6.99. The van der Waals surface area contributed by atoms with Gasteiger partial charge in [0, 0.05) is 5.56 Å². The lowest BCUT2D eigenvalue weighted by Gasteiger charge is -2.14. The molecule has 0 saturated heterocycles. The second-order valence-corrected chi connectivity index (χ2v) is 3.81. The maximum absolute atomic E-state index is 11.2. The van der Waals surface area contributed by atoms with Gasteiger partial charge in [0.2, 0.25) is 0 Å². The van der Waals surface area contributed by atoms with Gasteiger partial charge in [0.05, 0.1) is 11.7 Å². The number of aromatic hydroxyl groups is 1. The van der Waals surface area contributed by atoms with E-state index < -0.39 is 0 Å². The van der Waals surface area contributed by atoms with E-state index in [0.717, 1.165) is 0 Å². The molecule has 0 amide bonds. The van der Waals surface area contributed by atoms with Gasteiger partial charge in [-0.25, -0.2) is 0 Å². The van der Waals surface area contributed by atoms with Crippen molar-refractivity contribution in [1.29, 1.82) is 0 Å². The lowest BCUT2D eigenvalue weighted by atomic mass is 10.1. The quantitative estimate of drug-likeness (QED) is 0.777. The van der Waals surface area contributed by atoms with Crippen molar-refractivity contribution in [3.8, 4) is 11.5 Å². The van der Waals surface area contributed by atoms with Crippen molar-refractivity contribution >= 4 is 5.78 Å². The van der Waals surface area contributed by atoms with Crippen molar-refractivity contribution in [2.75, 3.05) is 0 Å². The van der Waals surface area contributed by atoms with E-state index in [0.29, 0.717) is 16.9 Å². The predicted octanol–water partition coefficient (Wildman–Crippen LogP) is 2.69. The molecule has 0 spiro atoms. The molecule has 0 aliphatic rings. The van der Waals surface area contributed by atoms with Crippen LogP contribution in [-0.4, -0.2) is 17.0 Å². The summed E-state index contributed by atoms with van der Waals surface area (Å²) >= 11 is 0. The molecular weight excluding hydrogens is 192 g/mol. The first-order valence-corrected chi connectivity index (χ1v) is 4.93. The highest BCUT2D eigenvalue weighted by Gasteiger charge is 2.13. The van der Waals surface area contributed by atoms with E-state index in [-0.39, 0.29) is 17.6 Å². The van der Waals surface area contributed by atoms with Gasteiger partial charge in [0.1, 0.15) is 11.5 Å². The van der Waals surface area contributed by atoms with Gasteiger partial charge in [-0.1, -0.05) is 0 Å². The Hall–Kier alpha value is -1.51. The minimum Gasteiger partial charge on any atom is -0.507 e. The highest BCUT2D eigenvalue weighted by atomic mass is 16.5. The zero-order valence-electron chi connectivity index (χ0n) is 9.50. The molecular formula is C12H16O3. The summed E-state index contributed by atoms with van der Waals surface area (Å²) in [5.74, 6) is 0.486. The van der Waals surface area contributed by atoms with E-state index in [1.807, 2.05) is 13.8 Å². The Morgan fingerprint density at radius 3 is 2.47 bits per heavy atom. The Labute approximate surface area is 89.7 Å². The van der Waals surface area contributed by atoms with Crippen molar-refractivity contribution in [3.63, 3.8) is 0 Å². The number of rotatable bonds is 3. The van der Waals surface area contributed by atoms with Crippen LogP contribution in [0.4, 0.5) is 0 Å². The molecule has 0 radical (unpaired) electrons. The molecule has 1 aromatic rings. The zero-order valence-corrected chi connectivity index (χ0v) is 9.50. The fourth-order valence-corrected chi connectivity index (χ4v) is 1.35. The monoisotopic (exact) mass is 208 g/mol. The number of carbonyl (C=O) groups excluding carboxylic acids is 1. The third-order valence-electron chi connectivity index (χ3n) is 2.12. The van der Waals surface area contributed by atoms with Crippen molar-refractivity contribution in [1.82, 2.24) is 0 Å². The van der Waals surface area contributed by atoms with Gasteiger partial charge in [-0.05, 0) is 39.8 Å². The Kier molecular flexibility index (Phi) is 3.35. The maximum atomic E-state index is 11.2. The summed E-state index contributed by atoms with van der Waals surface area (Å²) in [6.07, 6.45) is 0.0475. The number of ether oxygens (including phenoxy) is 1. The van der Waals surface area contributed by atoms with E-state index in [2.05, 4.69) is 0 Å². The number of phenols is 1. The van der Waals surface area contributed by atoms with Crippen LogP contribution in [0.25, 0.3) is 0 Å². The smallest absolute Gasteiger partial charge is 0.163 e. The molecule has 0 aliphatic heterocycles. The third-order valence-corrected chi connectivity index (χ3v) is 2.12. The van der Waals surface area contributed by atoms with Crippen LogP contribution in [0.3, 0.4) is 0 Å². The summed E-state index contributed by atoms with van der Waals surface area (Å²) in [7, 11) is 0. The average molecular weight is 208 g/mol. The normalized spacial score (nSPS) is 10.5. The number of benzene rings is 1. The molecule has 1 rings (SSSR count). The molecule has 0 fully saturated rings. The van der Waals surface area contributed by atoms with Crippen LogP contribution < -0.4 is 4.74 Å². The Bertz CT molecular complexity index is 381. The van der Waals surface area contributed by atoms with Gasteiger partial charge in [-0.2, -0.15) is 0 Å². The molecule has 15 heavy (non-hydrogen) atoms. The Morgan fingerprint density at radius 2 is 2.00 bits per heavy atom. The lowest BCUT2D eigenvalue weighted by molar-refractivity contribution is 0.101. The topological polar surface area (TPSA) is 46.5 Å². The lowest BCUT2D eigenvalue weighted by Crippen LogP contribution is -2.07. The number of phenolic OH excluding ortho intramolecular Hbond substituents is 1. The standard InChI is InChI=1S/C12H16O3/c1-7(2)15-11-6-5-10(9(4)13)12(14)8(11)3/h5-7,14H,1-4H3. The van der Waals surface area contributed by atoms with E-state index >= 15 is 0 Å². The first-order chi connectivity index (χ1) is 6.93. The van der Waals surface area contributed by atoms with E-state index in [9.17, 15) is 9.90 Å². The van der Waals surface area contributed by atoms with Gasteiger partial charge in [-0.3, -0.25) is 4.79 Å². The summed E-state index contributed by atoms with van der Waals surface area (Å²) < 4.78 is 5.49. The molecule has 0 aromatic heterocycles. The van der Waals surface area contributed by atoms with Crippen LogP contribution >= 0.6 is 0 Å². The third kappa shape index (κ3) is 2.49. The number of ketones is 1. The predicted molar refractivity (Wildman–Crippen MR) is 58.6 cm³/mol. The molecule has 1 aromatic carbocycles. The molecule has 0 aliphatic carbocycles. The van der Waals surface area contributed by atoms with Crippen molar-refractivity contribution in [3.05, 3.63) is 23.3 Å². The van der Waals surface area contributed by atoms with Crippen molar-refractivity contribution < 1.29 is 14.6 Å².